The quantitative estimate of drug-likeness (QED) is 0.170. The van der Waals surface area contributed by atoms with E-state index < -0.39 is 0 Å². The molecule has 0 radical (unpaired) electrons. The van der Waals surface area contributed by atoms with Crippen molar-refractivity contribution in [2.75, 3.05) is 0 Å². The van der Waals surface area contributed by atoms with Crippen molar-refractivity contribution in [2.24, 2.45) is 0 Å². The van der Waals surface area contributed by atoms with Crippen LogP contribution < -0.4 is 0 Å². The third kappa shape index (κ3) is 4.57. The Balaban J connectivity index is 1.14. The lowest BCUT2D eigenvalue weighted by Gasteiger charge is -2.19. The molecule has 0 aliphatic carbocycles. The third-order valence-corrected chi connectivity index (χ3v) is 11.7. The summed E-state index contributed by atoms with van der Waals surface area (Å²) in [6, 6.07) is 69.9. The molecule has 10 aromatic carbocycles. The van der Waals surface area contributed by atoms with Crippen LogP contribution in [-0.2, 0) is 0 Å². The van der Waals surface area contributed by atoms with Gasteiger partial charge in [0.15, 0.2) is 0 Å². The highest BCUT2D eigenvalue weighted by molar-refractivity contribution is 6.24. The largest absolute Gasteiger partial charge is 0.456 e. The van der Waals surface area contributed by atoms with Crippen molar-refractivity contribution in [3.63, 3.8) is 0 Å². The smallest absolute Gasteiger partial charge is 0.136 e. The fourth-order valence-corrected chi connectivity index (χ4v) is 9.25. The number of benzene rings is 10. The van der Waals surface area contributed by atoms with Gasteiger partial charge in [-0.3, -0.25) is 0 Å². The standard InChI is InChI=1S/C54H32O2/c1-2-17-37-33(13-1)14-12-24-40(37)53-43-21-5-3-19-41(43)51(42-20-4-6-22-44(42)53)35-15-11-16-36(31-35)52-38(28-30-50-54(52)45-23-8-10-26-48(45)56-50)34-27-29-49-46(32-34)39-18-7-9-25-47(39)55-49/h1-32H. The van der Waals surface area contributed by atoms with Crippen LogP contribution in [0.4, 0.5) is 0 Å². The van der Waals surface area contributed by atoms with Crippen LogP contribution in [0, 0.1) is 0 Å². The van der Waals surface area contributed by atoms with Crippen molar-refractivity contribution in [3.8, 4) is 44.5 Å². The zero-order valence-electron chi connectivity index (χ0n) is 30.3. The van der Waals surface area contributed by atoms with E-state index in [1.165, 1.54) is 54.6 Å². The van der Waals surface area contributed by atoms with Gasteiger partial charge < -0.3 is 8.83 Å². The van der Waals surface area contributed by atoms with E-state index in [1.807, 2.05) is 18.2 Å². The van der Waals surface area contributed by atoms with Gasteiger partial charge in [-0.2, -0.15) is 0 Å². The van der Waals surface area contributed by atoms with Crippen LogP contribution in [0.2, 0.25) is 0 Å². The highest BCUT2D eigenvalue weighted by atomic mass is 16.3. The first kappa shape index (κ1) is 31.0. The van der Waals surface area contributed by atoms with Gasteiger partial charge in [0.1, 0.15) is 22.3 Å². The van der Waals surface area contributed by atoms with Crippen LogP contribution >= 0.6 is 0 Å². The number of para-hydroxylation sites is 2. The molecule has 2 heterocycles. The topological polar surface area (TPSA) is 26.3 Å². The lowest BCUT2D eigenvalue weighted by atomic mass is 9.83. The van der Waals surface area contributed by atoms with Crippen LogP contribution in [0.5, 0.6) is 0 Å². The van der Waals surface area contributed by atoms with E-state index >= 15 is 0 Å². The Morgan fingerprint density at radius 3 is 1.52 bits per heavy atom. The summed E-state index contributed by atoms with van der Waals surface area (Å²) in [6.45, 7) is 0. The predicted molar refractivity (Wildman–Crippen MR) is 235 cm³/mol. The van der Waals surface area contributed by atoms with E-state index in [-0.39, 0.29) is 0 Å². The van der Waals surface area contributed by atoms with Crippen LogP contribution in [0.25, 0.3) is 121 Å². The number of hydrogen-bond donors (Lipinski definition) is 0. The van der Waals surface area contributed by atoms with Gasteiger partial charge in [-0.1, -0.05) is 158 Å². The molecule has 0 atom stereocenters. The molecule has 0 N–H and O–H groups in total. The number of fused-ring (bicyclic) bond motifs is 9. The molecule has 2 nitrogen and oxygen atoms in total. The molecule has 0 unspecified atom stereocenters. The third-order valence-electron chi connectivity index (χ3n) is 11.7. The lowest BCUT2D eigenvalue weighted by Crippen LogP contribution is -1.92. The van der Waals surface area contributed by atoms with Crippen molar-refractivity contribution < 1.29 is 8.83 Å². The highest BCUT2D eigenvalue weighted by Gasteiger charge is 2.21. The van der Waals surface area contributed by atoms with Gasteiger partial charge in [0.2, 0.25) is 0 Å². The van der Waals surface area contributed by atoms with Gasteiger partial charge in [0.25, 0.3) is 0 Å². The summed E-state index contributed by atoms with van der Waals surface area (Å²) in [5.74, 6) is 0. The second-order valence-corrected chi connectivity index (χ2v) is 14.7. The minimum absolute atomic E-state index is 0.875. The average molecular weight is 713 g/mol. The second kappa shape index (κ2) is 12.0. The first-order valence-electron chi connectivity index (χ1n) is 19.2. The minimum Gasteiger partial charge on any atom is -0.456 e. The van der Waals surface area contributed by atoms with Gasteiger partial charge in [-0.05, 0) is 108 Å². The van der Waals surface area contributed by atoms with E-state index in [0.29, 0.717) is 0 Å². The highest BCUT2D eigenvalue weighted by Crippen LogP contribution is 2.48. The van der Waals surface area contributed by atoms with Crippen molar-refractivity contribution in [1.82, 2.24) is 0 Å². The molecule has 0 bridgehead atoms. The molecule has 2 aromatic heterocycles. The number of rotatable bonds is 4. The zero-order chi connectivity index (χ0) is 36.7. The molecule has 0 saturated heterocycles. The van der Waals surface area contributed by atoms with Gasteiger partial charge in [0, 0.05) is 27.1 Å². The molecule has 0 fully saturated rings. The summed E-state index contributed by atoms with van der Waals surface area (Å²) < 4.78 is 12.8. The fraction of sp³-hybridized carbons (Fsp3) is 0. The Morgan fingerprint density at radius 1 is 0.250 bits per heavy atom. The summed E-state index contributed by atoms with van der Waals surface area (Å²) in [6.07, 6.45) is 0. The molecule has 0 spiro atoms. The predicted octanol–water partition coefficient (Wildman–Crippen LogP) is 15.6. The molecule has 2 heteroatoms. The van der Waals surface area contributed by atoms with E-state index in [0.717, 1.165) is 66.1 Å². The van der Waals surface area contributed by atoms with Gasteiger partial charge >= 0.3 is 0 Å². The van der Waals surface area contributed by atoms with E-state index in [1.54, 1.807) is 0 Å². The summed E-state index contributed by atoms with van der Waals surface area (Å²) in [5, 5.41) is 11.9. The molecular weight excluding hydrogens is 681 g/mol. The Kier molecular flexibility index (Phi) is 6.66. The van der Waals surface area contributed by atoms with Crippen molar-refractivity contribution in [3.05, 3.63) is 194 Å². The van der Waals surface area contributed by atoms with Gasteiger partial charge in [0.05, 0.1) is 0 Å². The molecule has 0 aliphatic heterocycles. The second-order valence-electron chi connectivity index (χ2n) is 14.7. The van der Waals surface area contributed by atoms with Gasteiger partial charge in [-0.25, -0.2) is 0 Å². The molecule has 0 saturated carbocycles. The summed E-state index contributed by atoms with van der Waals surface area (Å²) in [5.41, 5.74) is 13.0. The monoisotopic (exact) mass is 712 g/mol. The Morgan fingerprint density at radius 2 is 0.768 bits per heavy atom. The SMILES string of the molecule is c1cc(-c2c3ccccc3c(-c3cccc4ccccc34)c3ccccc23)cc(-c2c(-c3ccc4oc5ccccc5c4c3)ccc3oc4ccccc4c23)c1. The fourth-order valence-electron chi connectivity index (χ4n) is 9.25. The summed E-state index contributed by atoms with van der Waals surface area (Å²) in [4.78, 5) is 0. The van der Waals surface area contributed by atoms with Crippen molar-refractivity contribution in [1.29, 1.82) is 0 Å². The van der Waals surface area contributed by atoms with Crippen molar-refractivity contribution in [2.45, 2.75) is 0 Å². The molecule has 0 amide bonds. The maximum Gasteiger partial charge on any atom is 0.136 e. The molecule has 260 valence electrons. The average Bonchev–Trinajstić information content (AvgIpc) is 3.83. The van der Waals surface area contributed by atoms with Crippen molar-refractivity contribution >= 4 is 76.2 Å². The van der Waals surface area contributed by atoms with E-state index in [2.05, 4.69) is 176 Å². The Labute approximate surface area is 322 Å². The molecule has 0 aliphatic rings. The minimum atomic E-state index is 0.875. The van der Waals surface area contributed by atoms with Gasteiger partial charge in [-0.15, -0.1) is 0 Å². The van der Waals surface area contributed by atoms with Crippen LogP contribution in [0.15, 0.2) is 203 Å². The molecule has 56 heavy (non-hydrogen) atoms. The van der Waals surface area contributed by atoms with E-state index in [9.17, 15) is 0 Å². The first-order chi connectivity index (χ1) is 27.8. The maximum atomic E-state index is 6.52. The Bertz CT molecular complexity index is 3480. The molecule has 12 rings (SSSR count). The van der Waals surface area contributed by atoms with Crippen LogP contribution in [-0.4, -0.2) is 0 Å². The first-order valence-corrected chi connectivity index (χ1v) is 19.2. The number of furan rings is 2. The number of hydrogen-bond acceptors (Lipinski definition) is 2. The Hall–Kier alpha value is -7.42. The molecular formula is C54H32O2. The maximum absolute atomic E-state index is 6.52. The van der Waals surface area contributed by atoms with Crippen LogP contribution in [0.1, 0.15) is 0 Å². The summed E-state index contributed by atoms with van der Waals surface area (Å²) >= 11 is 0. The van der Waals surface area contributed by atoms with Crippen LogP contribution in [0.3, 0.4) is 0 Å². The molecule has 12 aromatic rings. The zero-order valence-corrected chi connectivity index (χ0v) is 30.3. The lowest BCUT2D eigenvalue weighted by molar-refractivity contribution is 0.668. The summed E-state index contributed by atoms with van der Waals surface area (Å²) in [7, 11) is 0. The normalized spacial score (nSPS) is 11.9. The van der Waals surface area contributed by atoms with E-state index in [4.69, 9.17) is 8.83 Å².